The van der Waals surface area contributed by atoms with E-state index in [2.05, 4.69) is 6.92 Å². The van der Waals surface area contributed by atoms with E-state index in [-0.39, 0.29) is 5.78 Å². The quantitative estimate of drug-likeness (QED) is 0.600. The Hall–Kier alpha value is -0.820. The fraction of sp³-hybridized carbons (Fsp3) is 0.300. The topological polar surface area (TPSA) is 17.1 Å². The SMILES string of the molecule is C[C@H]1CC(=O)c2cc(Cl)ccc21. The number of carbonyl (C=O) groups excluding carboxylic acids is 1. The Morgan fingerprint density at radius 2 is 2.25 bits per heavy atom. The molecular formula is C10H9ClO. The van der Waals surface area contributed by atoms with Gasteiger partial charge in [-0.15, -0.1) is 0 Å². The maximum atomic E-state index is 11.4. The van der Waals surface area contributed by atoms with Gasteiger partial charge in [0, 0.05) is 17.0 Å². The minimum absolute atomic E-state index is 0.222. The Morgan fingerprint density at radius 3 is 3.00 bits per heavy atom. The first-order valence-corrected chi connectivity index (χ1v) is 4.39. The Morgan fingerprint density at radius 1 is 1.50 bits per heavy atom. The number of benzene rings is 1. The molecule has 0 aromatic heterocycles. The highest BCUT2D eigenvalue weighted by Gasteiger charge is 2.25. The smallest absolute Gasteiger partial charge is 0.163 e. The summed E-state index contributed by atoms with van der Waals surface area (Å²) in [4.78, 5) is 11.4. The second-order valence-corrected chi connectivity index (χ2v) is 3.70. The van der Waals surface area contributed by atoms with E-state index in [0.29, 0.717) is 17.4 Å². The Kier molecular flexibility index (Phi) is 1.69. The molecule has 0 bridgehead atoms. The second kappa shape index (κ2) is 2.60. The van der Waals surface area contributed by atoms with Crippen molar-refractivity contribution in [2.75, 3.05) is 0 Å². The van der Waals surface area contributed by atoms with Gasteiger partial charge in [0.15, 0.2) is 5.78 Å². The molecular weight excluding hydrogens is 172 g/mol. The van der Waals surface area contributed by atoms with Gasteiger partial charge in [0.05, 0.1) is 0 Å². The van der Waals surface area contributed by atoms with E-state index in [0.717, 1.165) is 11.1 Å². The highest BCUT2D eigenvalue weighted by molar-refractivity contribution is 6.31. The minimum atomic E-state index is 0.222. The number of Topliss-reactive ketones (excluding diaryl/α,β-unsaturated/α-hetero) is 1. The van der Waals surface area contributed by atoms with Crippen molar-refractivity contribution in [3.8, 4) is 0 Å². The zero-order valence-corrected chi connectivity index (χ0v) is 7.56. The van der Waals surface area contributed by atoms with E-state index in [9.17, 15) is 4.79 Å². The van der Waals surface area contributed by atoms with Crippen LogP contribution in [0.15, 0.2) is 18.2 Å². The minimum Gasteiger partial charge on any atom is -0.294 e. The predicted molar refractivity (Wildman–Crippen MR) is 48.8 cm³/mol. The number of ketones is 1. The highest BCUT2D eigenvalue weighted by atomic mass is 35.5. The summed E-state index contributed by atoms with van der Waals surface area (Å²) in [6.07, 6.45) is 0.635. The summed E-state index contributed by atoms with van der Waals surface area (Å²) >= 11 is 5.78. The van der Waals surface area contributed by atoms with Crippen LogP contribution in [0.25, 0.3) is 0 Å². The van der Waals surface area contributed by atoms with Gasteiger partial charge in [0.2, 0.25) is 0 Å². The molecule has 0 heterocycles. The number of hydrogen-bond donors (Lipinski definition) is 0. The van der Waals surface area contributed by atoms with E-state index in [4.69, 9.17) is 11.6 Å². The summed E-state index contributed by atoms with van der Waals surface area (Å²) < 4.78 is 0. The normalized spacial score (nSPS) is 21.2. The second-order valence-electron chi connectivity index (χ2n) is 3.26. The first-order chi connectivity index (χ1) is 5.68. The van der Waals surface area contributed by atoms with Gasteiger partial charge in [0.25, 0.3) is 0 Å². The van der Waals surface area contributed by atoms with Crippen LogP contribution in [-0.4, -0.2) is 5.78 Å². The summed E-state index contributed by atoms with van der Waals surface area (Å²) in [5, 5.41) is 0.649. The van der Waals surface area contributed by atoms with Crippen molar-refractivity contribution in [1.82, 2.24) is 0 Å². The van der Waals surface area contributed by atoms with Crippen LogP contribution < -0.4 is 0 Å². The molecule has 1 nitrogen and oxygen atoms in total. The monoisotopic (exact) mass is 180 g/mol. The van der Waals surface area contributed by atoms with Gasteiger partial charge in [-0.3, -0.25) is 4.79 Å². The summed E-state index contributed by atoms with van der Waals surface area (Å²) in [5.41, 5.74) is 1.96. The van der Waals surface area contributed by atoms with Crippen LogP contribution in [0.5, 0.6) is 0 Å². The van der Waals surface area contributed by atoms with Crippen LogP contribution in [0.3, 0.4) is 0 Å². The summed E-state index contributed by atoms with van der Waals surface area (Å²) in [7, 11) is 0. The molecule has 0 amide bonds. The number of hydrogen-bond acceptors (Lipinski definition) is 1. The summed E-state index contributed by atoms with van der Waals surface area (Å²) in [6.45, 7) is 2.07. The van der Waals surface area contributed by atoms with Gasteiger partial charge in [-0.25, -0.2) is 0 Å². The van der Waals surface area contributed by atoms with E-state index in [1.54, 1.807) is 6.07 Å². The molecule has 1 atom stereocenters. The fourth-order valence-electron chi connectivity index (χ4n) is 1.70. The summed E-state index contributed by atoms with van der Waals surface area (Å²) in [5.74, 6) is 0.588. The van der Waals surface area contributed by atoms with E-state index >= 15 is 0 Å². The Balaban J connectivity index is 2.60. The van der Waals surface area contributed by atoms with Gasteiger partial charge in [-0.2, -0.15) is 0 Å². The third-order valence-corrected chi connectivity index (χ3v) is 2.57. The highest BCUT2D eigenvalue weighted by Crippen LogP contribution is 2.33. The Labute approximate surface area is 76.4 Å². The van der Waals surface area contributed by atoms with E-state index < -0.39 is 0 Å². The summed E-state index contributed by atoms with van der Waals surface area (Å²) in [6, 6.07) is 5.56. The third-order valence-electron chi connectivity index (χ3n) is 2.34. The van der Waals surface area contributed by atoms with Gasteiger partial charge in [-0.05, 0) is 23.6 Å². The van der Waals surface area contributed by atoms with Crippen molar-refractivity contribution in [2.24, 2.45) is 0 Å². The molecule has 2 heteroatoms. The average Bonchev–Trinajstić information content (AvgIpc) is 2.28. The first kappa shape index (κ1) is 7.81. The van der Waals surface area contributed by atoms with Crippen molar-refractivity contribution >= 4 is 17.4 Å². The van der Waals surface area contributed by atoms with E-state index in [1.165, 1.54) is 0 Å². The molecule has 0 saturated heterocycles. The molecule has 62 valence electrons. The lowest BCUT2D eigenvalue weighted by Crippen LogP contribution is -1.89. The first-order valence-electron chi connectivity index (χ1n) is 4.01. The standard InChI is InChI=1S/C10H9ClO/c1-6-4-10(12)9-5-7(11)2-3-8(6)9/h2-3,5-6H,4H2,1H3/t6-/m0/s1. The van der Waals surface area contributed by atoms with Crippen molar-refractivity contribution < 1.29 is 4.79 Å². The van der Waals surface area contributed by atoms with E-state index in [1.807, 2.05) is 12.1 Å². The number of halogens is 1. The molecule has 0 unspecified atom stereocenters. The van der Waals surface area contributed by atoms with Gasteiger partial charge in [-0.1, -0.05) is 24.6 Å². The van der Waals surface area contributed by atoms with Crippen molar-refractivity contribution in [2.45, 2.75) is 19.3 Å². The largest absolute Gasteiger partial charge is 0.294 e. The van der Waals surface area contributed by atoms with Crippen LogP contribution in [-0.2, 0) is 0 Å². The molecule has 1 aromatic carbocycles. The third kappa shape index (κ3) is 1.05. The molecule has 0 fully saturated rings. The lowest BCUT2D eigenvalue weighted by molar-refractivity contribution is 0.0990. The molecule has 0 radical (unpaired) electrons. The number of fused-ring (bicyclic) bond motifs is 1. The lowest BCUT2D eigenvalue weighted by Gasteiger charge is -2.01. The molecule has 0 N–H and O–H groups in total. The van der Waals surface area contributed by atoms with Crippen LogP contribution in [0.2, 0.25) is 5.02 Å². The molecule has 0 spiro atoms. The van der Waals surface area contributed by atoms with Crippen LogP contribution in [0.1, 0.15) is 35.2 Å². The van der Waals surface area contributed by atoms with Gasteiger partial charge >= 0.3 is 0 Å². The predicted octanol–water partition coefficient (Wildman–Crippen LogP) is 3.03. The molecule has 2 rings (SSSR count). The number of rotatable bonds is 0. The fourth-order valence-corrected chi connectivity index (χ4v) is 1.87. The van der Waals surface area contributed by atoms with Gasteiger partial charge in [0.1, 0.15) is 0 Å². The van der Waals surface area contributed by atoms with Crippen LogP contribution in [0, 0.1) is 0 Å². The average molecular weight is 181 g/mol. The molecule has 0 saturated carbocycles. The molecule has 1 aliphatic carbocycles. The number of carbonyl (C=O) groups is 1. The lowest BCUT2D eigenvalue weighted by atomic mass is 10.0. The van der Waals surface area contributed by atoms with Crippen LogP contribution >= 0.6 is 11.6 Å². The zero-order valence-electron chi connectivity index (χ0n) is 6.80. The maximum absolute atomic E-state index is 11.4. The Bertz CT molecular complexity index is 344. The van der Waals surface area contributed by atoms with Crippen molar-refractivity contribution in [3.05, 3.63) is 34.3 Å². The molecule has 1 aliphatic rings. The molecule has 0 aliphatic heterocycles. The van der Waals surface area contributed by atoms with Crippen molar-refractivity contribution in [1.29, 1.82) is 0 Å². The maximum Gasteiger partial charge on any atom is 0.163 e. The molecule has 12 heavy (non-hydrogen) atoms. The van der Waals surface area contributed by atoms with Crippen LogP contribution in [0.4, 0.5) is 0 Å². The van der Waals surface area contributed by atoms with Gasteiger partial charge < -0.3 is 0 Å². The molecule has 1 aromatic rings. The van der Waals surface area contributed by atoms with Crippen molar-refractivity contribution in [3.63, 3.8) is 0 Å². The zero-order chi connectivity index (χ0) is 8.72.